The minimum atomic E-state index is -0.0391. The van der Waals surface area contributed by atoms with Gasteiger partial charge in [0.1, 0.15) is 17.0 Å². The lowest BCUT2D eigenvalue weighted by molar-refractivity contribution is 0.101. The Morgan fingerprint density at radius 2 is 2.07 bits per heavy atom. The van der Waals surface area contributed by atoms with E-state index >= 15 is 0 Å². The first kappa shape index (κ1) is 9.65. The molecule has 3 heteroatoms. The van der Waals surface area contributed by atoms with Gasteiger partial charge in [-0.25, -0.2) is 4.98 Å². The molecule has 0 N–H and O–H groups in total. The topological polar surface area (TPSA) is 39.2 Å². The minimum Gasteiger partial charge on any atom is -0.494 e. The van der Waals surface area contributed by atoms with Crippen LogP contribution in [0.4, 0.5) is 0 Å². The van der Waals surface area contributed by atoms with Crippen LogP contribution < -0.4 is 4.74 Å². The highest BCUT2D eigenvalue weighted by atomic mass is 16.5. The van der Waals surface area contributed by atoms with E-state index in [9.17, 15) is 4.79 Å². The van der Waals surface area contributed by atoms with E-state index in [0.29, 0.717) is 11.4 Å². The largest absolute Gasteiger partial charge is 0.494 e. The van der Waals surface area contributed by atoms with E-state index in [1.807, 2.05) is 24.3 Å². The van der Waals surface area contributed by atoms with Gasteiger partial charge in [-0.3, -0.25) is 4.79 Å². The third kappa shape index (κ3) is 1.68. The van der Waals surface area contributed by atoms with Crippen LogP contribution in [0.25, 0.3) is 10.9 Å². The number of benzene rings is 1. The summed E-state index contributed by atoms with van der Waals surface area (Å²) in [5.74, 6) is 0.651. The lowest BCUT2D eigenvalue weighted by Gasteiger charge is -2.04. The Morgan fingerprint density at radius 1 is 1.27 bits per heavy atom. The normalized spacial score (nSPS) is 10.3. The fraction of sp³-hybridized carbons (Fsp3) is 0.167. The number of fused-ring (bicyclic) bond motifs is 1. The smallest absolute Gasteiger partial charge is 0.178 e. The summed E-state index contributed by atoms with van der Waals surface area (Å²) >= 11 is 0. The van der Waals surface area contributed by atoms with Crippen LogP contribution in [0.3, 0.4) is 0 Å². The molecule has 0 amide bonds. The predicted molar refractivity (Wildman–Crippen MR) is 58.3 cm³/mol. The van der Waals surface area contributed by atoms with Gasteiger partial charge in [0.25, 0.3) is 0 Å². The van der Waals surface area contributed by atoms with Crippen LogP contribution in [0.2, 0.25) is 0 Å². The van der Waals surface area contributed by atoms with Crippen molar-refractivity contribution in [1.82, 2.24) is 4.98 Å². The van der Waals surface area contributed by atoms with Crippen molar-refractivity contribution in [2.24, 2.45) is 0 Å². The van der Waals surface area contributed by atoms with Crippen LogP contribution in [-0.2, 0) is 0 Å². The van der Waals surface area contributed by atoms with Gasteiger partial charge in [-0.2, -0.15) is 0 Å². The Bertz CT molecular complexity index is 520. The fourth-order valence-electron chi connectivity index (χ4n) is 1.48. The molecular formula is C12H11NO2. The van der Waals surface area contributed by atoms with E-state index in [1.54, 1.807) is 13.2 Å². The van der Waals surface area contributed by atoms with Gasteiger partial charge >= 0.3 is 0 Å². The number of hydrogen-bond donors (Lipinski definition) is 0. The molecule has 0 saturated heterocycles. The van der Waals surface area contributed by atoms with Crippen molar-refractivity contribution in [2.75, 3.05) is 7.11 Å². The van der Waals surface area contributed by atoms with Gasteiger partial charge in [0.05, 0.1) is 7.11 Å². The van der Waals surface area contributed by atoms with Crippen molar-refractivity contribution in [3.8, 4) is 5.75 Å². The fourth-order valence-corrected chi connectivity index (χ4v) is 1.48. The van der Waals surface area contributed by atoms with Gasteiger partial charge in [0, 0.05) is 12.3 Å². The van der Waals surface area contributed by atoms with E-state index in [4.69, 9.17) is 4.74 Å². The van der Waals surface area contributed by atoms with Crippen LogP contribution in [0.1, 0.15) is 17.4 Å². The lowest BCUT2D eigenvalue weighted by Crippen LogP contribution is -1.97. The second-order valence-corrected chi connectivity index (χ2v) is 3.28. The summed E-state index contributed by atoms with van der Waals surface area (Å²) in [7, 11) is 1.59. The number of hydrogen-bond acceptors (Lipinski definition) is 3. The van der Waals surface area contributed by atoms with E-state index in [-0.39, 0.29) is 5.78 Å². The Kier molecular flexibility index (Phi) is 2.37. The van der Waals surface area contributed by atoms with E-state index in [2.05, 4.69) is 4.98 Å². The van der Waals surface area contributed by atoms with Crippen molar-refractivity contribution in [1.29, 1.82) is 0 Å². The maximum absolute atomic E-state index is 11.2. The zero-order valence-corrected chi connectivity index (χ0v) is 8.65. The molecule has 3 nitrogen and oxygen atoms in total. The van der Waals surface area contributed by atoms with E-state index < -0.39 is 0 Å². The van der Waals surface area contributed by atoms with Crippen LogP contribution >= 0.6 is 0 Å². The highest BCUT2D eigenvalue weighted by Gasteiger charge is 2.06. The van der Waals surface area contributed by atoms with Crippen molar-refractivity contribution in [2.45, 2.75) is 6.92 Å². The molecule has 0 fully saturated rings. The molecular weight excluding hydrogens is 190 g/mol. The van der Waals surface area contributed by atoms with Crippen LogP contribution in [0, 0.1) is 0 Å². The van der Waals surface area contributed by atoms with E-state index in [1.165, 1.54) is 6.92 Å². The molecule has 2 aromatic rings. The Hall–Kier alpha value is -1.90. The first-order chi connectivity index (χ1) is 7.22. The number of para-hydroxylation sites is 1. The summed E-state index contributed by atoms with van der Waals surface area (Å²) in [5, 5.41) is 0.972. The number of nitrogens with zero attached hydrogens (tertiary/aromatic N) is 1. The summed E-state index contributed by atoms with van der Waals surface area (Å²) in [6.07, 6.45) is 0. The van der Waals surface area contributed by atoms with Crippen LogP contribution in [-0.4, -0.2) is 17.9 Å². The maximum atomic E-state index is 11.2. The monoisotopic (exact) mass is 201 g/mol. The lowest BCUT2D eigenvalue weighted by atomic mass is 10.1. The van der Waals surface area contributed by atoms with Crippen molar-refractivity contribution in [3.63, 3.8) is 0 Å². The molecule has 0 spiro atoms. The Labute approximate surface area is 87.7 Å². The highest BCUT2D eigenvalue weighted by molar-refractivity contribution is 5.95. The van der Waals surface area contributed by atoms with Gasteiger partial charge in [-0.05, 0) is 12.1 Å². The second kappa shape index (κ2) is 3.69. The number of ether oxygens (including phenoxy) is 1. The summed E-state index contributed by atoms with van der Waals surface area (Å²) in [6.45, 7) is 1.50. The van der Waals surface area contributed by atoms with Crippen LogP contribution in [0.5, 0.6) is 5.75 Å². The first-order valence-electron chi connectivity index (χ1n) is 4.67. The van der Waals surface area contributed by atoms with Crippen molar-refractivity contribution in [3.05, 3.63) is 36.0 Å². The zero-order chi connectivity index (χ0) is 10.8. The van der Waals surface area contributed by atoms with Crippen molar-refractivity contribution < 1.29 is 9.53 Å². The van der Waals surface area contributed by atoms with Crippen molar-refractivity contribution >= 4 is 16.7 Å². The molecule has 0 atom stereocenters. The molecule has 0 aliphatic heterocycles. The number of rotatable bonds is 2. The molecule has 15 heavy (non-hydrogen) atoms. The van der Waals surface area contributed by atoms with Gasteiger partial charge in [0.15, 0.2) is 5.78 Å². The van der Waals surface area contributed by atoms with Gasteiger partial charge in [0.2, 0.25) is 0 Å². The average Bonchev–Trinajstić information content (AvgIpc) is 2.27. The summed E-state index contributed by atoms with van der Waals surface area (Å²) in [6, 6.07) is 9.27. The molecule has 0 aliphatic rings. The standard InChI is InChI=1S/C12H11NO2/c1-8(14)10-7-6-9-4-3-5-11(15-2)12(9)13-10/h3-7H,1-2H3. The second-order valence-electron chi connectivity index (χ2n) is 3.28. The maximum Gasteiger partial charge on any atom is 0.178 e. The average molecular weight is 201 g/mol. The summed E-state index contributed by atoms with van der Waals surface area (Å²) < 4.78 is 5.19. The minimum absolute atomic E-state index is 0.0391. The molecule has 0 unspecified atom stereocenters. The molecule has 0 radical (unpaired) electrons. The number of carbonyl (C=O) groups is 1. The number of ketones is 1. The quantitative estimate of drug-likeness (QED) is 0.700. The van der Waals surface area contributed by atoms with Gasteiger partial charge < -0.3 is 4.74 Å². The predicted octanol–water partition coefficient (Wildman–Crippen LogP) is 2.45. The van der Waals surface area contributed by atoms with Gasteiger partial charge in [-0.1, -0.05) is 18.2 Å². The van der Waals surface area contributed by atoms with Crippen LogP contribution in [0.15, 0.2) is 30.3 Å². The molecule has 1 heterocycles. The summed E-state index contributed by atoms with van der Waals surface area (Å²) in [4.78, 5) is 15.5. The number of Topliss-reactive ketones (excluding diaryl/α,β-unsaturated/α-hetero) is 1. The zero-order valence-electron chi connectivity index (χ0n) is 8.65. The summed E-state index contributed by atoms with van der Waals surface area (Å²) in [5.41, 5.74) is 1.19. The number of methoxy groups -OCH3 is 1. The number of carbonyl (C=O) groups excluding carboxylic acids is 1. The molecule has 0 bridgehead atoms. The third-order valence-electron chi connectivity index (χ3n) is 2.26. The first-order valence-corrected chi connectivity index (χ1v) is 4.67. The molecule has 0 aliphatic carbocycles. The van der Waals surface area contributed by atoms with E-state index in [0.717, 1.165) is 10.9 Å². The third-order valence-corrected chi connectivity index (χ3v) is 2.26. The number of aromatic nitrogens is 1. The Morgan fingerprint density at radius 3 is 2.73 bits per heavy atom. The molecule has 0 saturated carbocycles. The molecule has 2 rings (SSSR count). The molecule has 1 aromatic heterocycles. The highest BCUT2D eigenvalue weighted by Crippen LogP contribution is 2.23. The molecule has 1 aromatic carbocycles. The molecule has 76 valence electrons. The Balaban J connectivity index is 2.72. The SMILES string of the molecule is COc1cccc2ccc(C(C)=O)nc12. The number of pyridine rings is 1. The van der Waals surface area contributed by atoms with Gasteiger partial charge in [-0.15, -0.1) is 0 Å².